The monoisotopic (exact) mass is 622 g/mol. The fraction of sp³-hybridized carbons (Fsp3) is 0. The third-order valence-corrected chi connectivity index (χ3v) is 9.88. The first-order valence-electron chi connectivity index (χ1n) is 16.4. The van der Waals surface area contributed by atoms with Crippen molar-refractivity contribution in [3.05, 3.63) is 140 Å². The van der Waals surface area contributed by atoms with Gasteiger partial charge in [-0.15, -0.1) is 16.4 Å². The number of imidazole rings is 1. The fourth-order valence-electron chi connectivity index (χ4n) is 7.56. The Labute approximate surface area is 297 Å². The lowest BCUT2D eigenvalue weighted by molar-refractivity contribution is 1.12. The fourth-order valence-corrected chi connectivity index (χ4v) is 7.56. The van der Waals surface area contributed by atoms with Crippen molar-refractivity contribution in [1.82, 2.24) is 9.55 Å². The van der Waals surface area contributed by atoms with E-state index in [1.807, 2.05) is 34.9 Å². The Kier molecular flexibility index (Phi) is 7.14. The molecule has 0 amide bonds. The van der Waals surface area contributed by atoms with E-state index in [0.29, 0.717) is 11.5 Å². The van der Waals surface area contributed by atoms with Gasteiger partial charge in [-0.05, 0) is 66.7 Å². The molecule has 8 aromatic carbocycles. The van der Waals surface area contributed by atoms with Crippen LogP contribution < -0.4 is 27.3 Å². The van der Waals surface area contributed by atoms with E-state index in [2.05, 4.69) is 109 Å². The standard InChI is InChI=1S/C43H23B5N2/c44-37-38(45)40(47)42(41(48)39(37)46)50-34-23-10-9-22-33(34)49-43(50)32-20-8-7-19-31(32)36-29-17-5-3-15-27(29)35(28-16-4-6-18-30(28)36)26-21-11-13-24-12-1-2-14-25(24)26/h1-23H. The molecule has 1 heterocycles. The number of aromatic nitrogens is 2. The van der Waals surface area contributed by atoms with E-state index in [1.54, 1.807) is 0 Å². The van der Waals surface area contributed by atoms with Crippen LogP contribution >= 0.6 is 0 Å². The van der Waals surface area contributed by atoms with Crippen LogP contribution in [0.3, 0.4) is 0 Å². The minimum atomic E-state index is 0.166. The van der Waals surface area contributed by atoms with Gasteiger partial charge in [0.15, 0.2) is 0 Å². The van der Waals surface area contributed by atoms with Crippen molar-refractivity contribution in [3.8, 4) is 39.3 Å². The highest BCUT2D eigenvalue weighted by Crippen LogP contribution is 2.47. The SMILES string of the molecule is [B]c1c([B])c([B])c(-n2c(-c3ccccc3-c3c4ccccc4c(-c4cccc5ccccc45)c4ccccc34)nc3ccccc32)c([B])c1[B]. The maximum absolute atomic E-state index is 6.70. The maximum Gasteiger partial charge on any atom is 0.146 e. The Bertz CT molecular complexity index is 2750. The number of rotatable bonds is 4. The Balaban J connectivity index is 1.41. The summed E-state index contributed by atoms with van der Waals surface area (Å²) in [5.41, 5.74) is 8.45. The zero-order chi connectivity index (χ0) is 34.1. The number of hydrogen-bond donors (Lipinski definition) is 0. The minimum Gasteiger partial charge on any atom is -0.294 e. The van der Waals surface area contributed by atoms with Crippen molar-refractivity contribution >= 4 is 110 Å². The summed E-state index contributed by atoms with van der Waals surface area (Å²) < 4.78 is 1.96. The van der Waals surface area contributed by atoms with Crippen LogP contribution in [0.1, 0.15) is 0 Å². The van der Waals surface area contributed by atoms with Gasteiger partial charge in [0.1, 0.15) is 45.1 Å². The van der Waals surface area contributed by atoms with E-state index >= 15 is 0 Å². The van der Waals surface area contributed by atoms with Crippen molar-refractivity contribution in [3.63, 3.8) is 0 Å². The normalized spacial score (nSPS) is 11.6. The van der Waals surface area contributed by atoms with Gasteiger partial charge >= 0.3 is 0 Å². The lowest BCUT2D eigenvalue weighted by Crippen LogP contribution is -2.56. The van der Waals surface area contributed by atoms with E-state index in [9.17, 15) is 0 Å². The smallest absolute Gasteiger partial charge is 0.146 e. The molecule has 0 aliphatic rings. The molecule has 7 heteroatoms. The summed E-state index contributed by atoms with van der Waals surface area (Å²) in [6.07, 6.45) is 0. The van der Waals surface area contributed by atoms with Gasteiger partial charge in [0.2, 0.25) is 0 Å². The second-order valence-corrected chi connectivity index (χ2v) is 12.6. The molecule has 0 aliphatic carbocycles. The molecule has 220 valence electrons. The minimum absolute atomic E-state index is 0.166. The third kappa shape index (κ3) is 4.46. The van der Waals surface area contributed by atoms with Crippen LogP contribution in [-0.2, 0) is 0 Å². The summed E-state index contributed by atoms with van der Waals surface area (Å²) in [7, 11) is 32.5. The van der Waals surface area contributed by atoms with E-state index < -0.39 is 0 Å². The van der Waals surface area contributed by atoms with Gasteiger partial charge in [-0.1, -0.05) is 138 Å². The molecule has 10 radical (unpaired) electrons. The maximum atomic E-state index is 6.70. The van der Waals surface area contributed by atoms with E-state index in [-0.39, 0.29) is 27.3 Å². The molecule has 0 atom stereocenters. The van der Waals surface area contributed by atoms with E-state index in [0.717, 1.165) is 49.3 Å². The lowest BCUT2D eigenvalue weighted by Gasteiger charge is -2.24. The summed E-state index contributed by atoms with van der Waals surface area (Å²) in [6, 6.07) is 48.6. The van der Waals surface area contributed by atoms with Gasteiger partial charge in [0, 0.05) is 11.3 Å². The van der Waals surface area contributed by atoms with Gasteiger partial charge in [0.25, 0.3) is 0 Å². The van der Waals surface area contributed by atoms with Crippen LogP contribution in [0.15, 0.2) is 140 Å². The third-order valence-electron chi connectivity index (χ3n) is 9.88. The molecular weight excluding hydrogens is 599 g/mol. The van der Waals surface area contributed by atoms with Crippen molar-refractivity contribution in [1.29, 1.82) is 0 Å². The Hall–Kier alpha value is -5.67. The highest BCUT2D eigenvalue weighted by Gasteiger charge is 2.24. The summed E-state index contributed by atoms with van der Waals surface area (Å²) in [5, 5.41) is 6.99. The molecule has 0 saturated heterocycles. The Morgan fingerprint density at radius 2 is 0.820 bits per heavy atom. The molecule has 0 unspecified atom stereocenters. The number of para-hydroxylation sites is 2. The number of hydrogen-bond acceptors (Lipinski definition) is 1. The predicted octanol–water partition coefficient (Wildman–Crippen LogP) is 5.46. The van der Waals surface area contributed by atoms with E-state index in [1.165, 1.54) is 21.9 Å². The molecule has 9 aromatic rings. The van der Waals surface area contributed by atoms with Gasteiger partial charge in [0.05, 0.1) is 11.0 Å². The van der Waals surface area contributed by atoms with Crippen molar-refractivity contribution in [2.45, 2.75) is 0 Å². The average Bonchev–Trinajstić information content (AvgIpc) is 3.54. The summed E-state index contributed by atoms with van der Waals surface area (Å²) in [6.45, 7) is 0. The predicted molar refractivity (Wildman–Crippen MR) is 217 cm³/mol. The topological polar surface area (TPSA) is 17.8 Å². The first-order chi connectivity index (χ1) is 24.4. The van der Waals surface area contributed by atoms with Crippen molar-refractivity contribution < 1.29 is 0 Å². The largest absolute Gasteiger partial charge is 0.294 e. The molecular formula is C43H23B5N2. The summed E-state index contributed by atoms with van der Waals surface area (Å²) >= 11 is 0. The number of fused-ring (bicyclic) bond motifs is 4. The molecule has 0 aliphatic heterocycles. The Morgan fingerprint density at radius 3 is 1.46 bits per heavy atom. The molecule has 0 spiro atoms. The molecule has 50 heavy (non-hydrogen) atoms. The molecule has 0 fully saturated rings. The van der Waals surface area contributed by atoms with Crippen LogP contribution in [-0.4, -0.2) is 48.8 Å². The first-order valence-corrected chi connectivity index (χ1v) is 16.4. The quantitative estimate of drug-likeness (QED) is 0.189. The van der Waals surface area contributed by atoms with Crippen molar-refractivity contribution in [2.24, 2.45) is 0 Å². The highest BCUT2D eigenvalue weighted by atomic mass is 15.1. The molecule has 0 N–H and O–H groups in total. The number of nitrogens with zero attached hydrogens (tertiary/aromatic N) is 2. The molecule has 9 rings (SSSR count). The Morgan fingerprint density at radius 1 is 0.380 bits per heavy atom. The number of benzene rings is 8. The lowest BCUT2D eigenvalue weighted by atomic mass is 9.61. The second kappa shape index (κ2) is 11.7. The molecule has 0 saturated carbocycles. The van der Waals surface area contributed by atoms with Gasteiger partial charge in [-0.2, -0.15) is 0 Å². The molecule has 0 bridgehead atoms. The zero-order valence-electron chi connectivity index (χ0n) is 27.1. The van der Waals surface area contributed by atoms with Gasteiger partial charge in [-0.25, -0.2) is 4.98 Å². The van der Waals surface area contributed by atoms with Crippen LogP contribution in [0.25, 0.3) is 82.7 Å². The molecule has 1 aromatic heterocycles. The van der Waals surface area contributed by atoms with Crippen molar-refractivity contribution in [2.75, 3.05) is 0 Å². The van der Waals surface area contributed by atoms with Gasteiger partial charge < -0.3 is 0 Å². The average molecular weight is 622 g/mol. The second-order valence-electron chi connectivity index (χ2n) is 12.6. The van der Waals surface area contributed by atoms with Crippen LogP contribution in [0.4, 0.5) is 0 Å². The first kappa shape index (κ1) is 30.4. The highest BCUT2D eigenvalue weighted by molar-refractivity contribution is 6.68. The molecule has 2 nitrogen and oxygen atoms in total. The summed E-state index contributed by atoms with van der Waals surface area (Å²) in [5.74, 6) is 0.648. The summed E-state index contributed by atoms with van der Waals surface area (Å²) in [4.78, 5) is 5.21. The van der Waals surface area contributed by atoms with Gasteiger partial charge in [-0.3, -0.25) is 4.57 Å². The van der Waals surface area contributed by atoms with Crippen LogP contribution in [0.2, 0.25) is 0 Å². The van der Waals surface area contributed by atoms with Crippen LogP contribution in [0.5, 0.6) is 0 Å². The van der Waals surface area contributed by atoms with Crippen LogP contribution in [0, 0.1) is 0 Å². The van der Waals surface area contributed by atoms with E-state index in [4.69, 9.17) is 44.2 Å². The zero-order valence-corrected chi connectivity index (χ0v) is 27.1.